The minimum Gasteiger partial charge on any atom is -0.0843 e. The maximum atomic E-state index is 6.02. The van der Waals surface area contributed by atoms with Crippen LogP contribution in [0.25, 0.3) is 33.0 Å². The Hall–Kier alpha value is -2.28. The molecule has 0 spiro atoms. The first-order valence-corrected chi connectivity index (χ1v) is 8.51. The zero-order valence-corrected chi connectivity index (χ0v) is 14.4. The maximum Gasteiger partial charge on any atom is 0.0406 e. The molecule has 2 heteroatoms. The molecule has 0 saturated heterocycles. The Bertz CT molecular complexity index is 916. The van der Waals surface area contributed by atoms with E-state index in [1.54, 1.807) is 0 Å². The van der Waals surface area contributed by atoms with Gasteiger partial charge in [-0.3, -0.25) is 0 Å². The molecule has 4 aromatic carbocycles. The van der Waals surface area contributed by atoms with Gasteiger partial charge in [-0.2, -0.15) is 0 Å². The first-order chi connectivity index (χ1) is 11.7. The van der Waals surface area contributed by atoms with Gasteiger partial charge in [0.15, 0.2) is 0 Å². The lowest BCUT2D eigenvalue weighted by Crippen LogP contribution is -1.86. The van der Waals surface area contributed by atoms with E-state index in [0.29, 0.717) is 0 Å². The lowest BCUT2D eigenvalue weighted by atomic mass is 9.92. The van der Waals surface area contributed by atoms with Gasteiger partial charge in [0.1, 0.15) is 0 Å². The number of hydrogen-bond donors (Lipinski definition) is 0. The minimum atomic E-state index is 0.751. The van der Waals surface area contributed by atoms with Gasteiger partial charge < -0.3 is 0 Å². The zero-order valence-electron chi connectivity index (χ0n) is 12.8. The Balaban J connectivity index is 1.95. The van der Waals surface area contributed by atoms with Crippen molar-refractivity contribution in [3.05, 3.63) is 95.0 Å². The van der Waals surface area contributed by atoms with Gasteiger partial charge in [0.05, 0.1) is 0 Å². The van der Waals surface area contributed by atoms with Crippen LogP contribution in [-0.4, -0.2) is 0 Å². The summed E-state index contributed by atoms with van der Waals surface area (Å²) >= 11 is 12.0. The number of hydrogen-bond acceptors (Lipinski definition) is 0. The van der Waals surface area contributed by atoms with Crippen molar-refractivity contribution in [1.29, 1.82) is 0 Å². The summed E-state index contributed by atoms with van der Waals surface area (Å²) in [5, 5.41) is 3.96. The van der Waals surface area contributed by atoms with Gasteiger partial charge in [-0.15, -0.1) is 0 Å². The smallest absolute Gasteiger partial charge is 0.0406 e. The Morgan fingerprint density at radius 3 is 1.17 bits per heavy atom. The van der Waals surface area contributed by atoms with Crippen molar-refractivity contribution in [2.24, 2.45) is 0 Å². The van der Waals surface area contributed by atoms with E-state index in [4.69, 9.17) is 23.2 Å². The van der Waals surface area contributed by atoms with Crippen LogP contribution in [0.15, 0.2) is 84.9 Å². The Labute approximate surface area is 151 Å². The van der Waals surface area contributed by atoms with Crippen molar-refractivity contribution >= 4 is 34.0 Å². The van der Waals surface area contributed by atoms with Gasteiger partial charge >= 0.3 is 0 Å². The number of benzene rings is 4. The largest absolute Gasteiger partial charge is 0.0843 e. The van der Waals surface area contributed by atoms with Crippen LogP contribution < -0.4 is 0 Å². The minimum absolute atomic E-state index is 0.751. The SMILES string of the molecule is Clc1ccc(-c2ccc(-c3ccc(Cl)cc3)c3ccccc23)cc1. The molecule has 0 radical (unpaired) electrons. The van der Waals surface area contributed by atoms with Gasteiger partial charge in [0.25, 0.3) is 0 Å². The second kappa shape index (κ2) is 6.32. The number of rotatable bonds is 2. The lowest BCUT2D eigenvalue weighted by molar-refractivity contribution is 1.62. The fourth-order valence-electron chi connectivity index (χ4n) is 3.06. The third-order valence-electron chi connectivity index (χ3n) is 4.23. The van der Waals surface area contributed by atoms with Crippen LogP contribution in [0.1, 0.15) is 0 Å². The average molecular weight is 349 g/mol. The molecule has 0 aliphatic rings. The molecule has 0 N–H and O–H groups in total. The molecule has 0 aliphatic carbocycles. The summed E-state index contributed by atoms with van der Waals surface area (Å²) in [7, 11) is 0. The van der Waals surface area contributed by atoms with E-state index >= 15 is 0 Å². The molecule has 0 atom stereocenters. The molecule has 0 bridgehead atoms. The molecule has 0 unspecified atom stereocenters. The highest BCUT2D eigenvalue weighted by atomic mass is 35.5. The Morgan fingerprint density at radius 1 is 0.417 bits per heavy atom. The molecule has 4 aromatic rings. The summed E-state index contributed by atoms with van der Waals surface area (Å²) in [6, 6.07) is 28.8. The van der Waals surface area contributed by atoms with Gasteiger partial charge in [0.2, 0.25) is 0 Å². The summed E-state index contributed by atoms with van der Waals surface area (Å²) in [6.45, 7) is 0. The summed E-state index contributed by atoms with van der Waals surface area (Å²) in [5.74, 6) is 0. The van der Waals surface area contributed by atoms with Crippen molar-refractivity contribution in [2.75, 3.05) is 0 Å². The topological polar surface area (TPSA) is 0 Å². The predicted octanol–water partition coefficient (Wildman–Crippen LogP) is 7.48. The summed E-state index contributed by atoms with van der Waals surface area (Å²) in [4.78, 5) is 0. The molecule has 116 valence electrons. The fraction of sp³-hybridized carbons (Fsp3) is 0. The Morgan fingerprint density at radius 2 is 0.792 bits per heavy atom. The van der Waals surface area contributed by atoms with E-state index in [9.17, 15) is 0 Å². The second-order valence-electron chi connectivity index (χ2n) is 5.72. The summed E-state index contributed by atoms with van der Waals surface area (Å²) < 4.78 is 0. The monoisotopic (exact) mass is 348 g/mol. The molecule has 0 fully saturated rings. The van der Waals surface area contributed by atoms with Crippen molar-refractivity contribution in [3.8, 4) is 22.3 Å². The van der Waals surface area contributed by atoms with Crippen LogP contribution in [0.3, 0.4) is 0 Å². The van der Waals surface area contributed by atoms with E-state index in [0.717, 1.165) is 10.0 Å². The van der Waals surface area contributed by atoms with E-state index in [-0.39, 0.29) is 0 Å². The van der Waals surface area contributed by atoms with Crippen molar-refractivity contribution in [3.63, 3.8) is 0 Å². The molecule has 0 aliphatic heterocycles. The van der Waals surface area contributed by atoms with Crippen LogP contribution in [0.2, 0.25) is 10.0 Å². The van der Waals surface area contributed by atoms with Gasteiger partial charge in [-0.05, 0) is 57.3 Å². The normalized spacial score (nSPS) is 10.9. The molecule has 0 aromatic heterocycles. The van der Waals surface area contributed by atoms with E-state index in [1.165, 1.54) is 33.0 Å². The average Bonchev–Trinajstić information content (AvgIpc) is 2.62. The highest BCUT2D eigenvalue weighted by Gasteiger charge is 2.09. The number of halogens is 2. The van der Waals surface area contributed by atoms with Crippen molar-refractivity contribution in [2.45, 2.75) is 0 Å². The quantitative estimate of drug-likeness (QED) is 0.352. The fourth-order valence-corrected chi connectivity index (χ4v) is 3.31. The molecule has 0 amide bonds. The van der Waals surface area contributed by atoms with Crippen LogP contribution >= 0.6 is 23.2 Å². The van der Waals surface area contributed by atoms with E-state index < -0.39 is 0 Å². The van der Waals surface area contributed by atoms with Crippen LogP contribution in [0.5, 0.6) is 0 Å². The zero-order chi connectivity index (χ0) is 16.5. The highest BCUT2D eigenvalue weighted by Crippen LogP contribution is 2.36. The standard InChI is InChI=1S/C22H14Cl2/c23-17-9-5-15(6-10-17)19-13-14-20(16-7-11-18(24)12-8-16)22-4-2-1-3-21(19)22/h1-14H. The van der Waals surface area contributed by atoms with Gasteiger partial charge in [-0.25, -0.2) is 0 Å². The molecule has 4 rings (SSSR count). The maximum absolute atomic E-state index is 6.02. The first-order valence-electron chi connectivity index (χ1n) is 7.76. The molecule has 0 nitrogen and oxygen atoms in total. The van der Waals surface area contributed by atoms with Crippen LogP contribution in [0.4, 0.5) is 0 Å². The Kier molecular flexibility index (Phi) is 4.02. The van der Waals surface area contributed by atoms with E-state index in [1.807, 2.05) is 24.3 Å². The highest BCUT2D eigenvalue weighted by molar-refractivity contribution is 6.31. The molecule has 0 heterocycles. The van der Waals surface area contributed by atoms with Crippen LogP contribution in [-0.2, 0) is 0 Å². The molecule has 0 saturated carbocycles. The van der Waals surface area contributed by atoms with Crippen molar-refractivity contribution < 1.29 is 0 Å². The second-order valence-corrected chi connectivity index (χ2v) is 6.59. The van der Waals surface area contributed by atoms with E-state index in [2.05, 4.69) is 60.7 Å². The predicted molar refractivity (Wildman–Crippen MR) is 105 cm³/mol. The van der Waals surface area contributed by atoms with Crippen LogP contribution in [0, 0.1) is 0 Å². The van der Waals surface area contributed by atoms with Gasteiger partial charge in [-0.1, -0.05) is 83.9 Å². The molecular weight excluding hydrogens is 335 g/mol. The number of fused-ring (bicyclic) bond motifs is 1. The molecule has 24 heavy (non-hydrogen) atoms. The van der Waals surface area contributed by atoms with Gasteiger partial charge in [0, 0.05) is 10.0 Å². The third-order valence-corrected chi connectivity index (χ3v) is 4.74. The summed E-state index contributed by atoms with van der Waals surface area (Å²) in [5.41, 5.74) is 4.75. The lowest BCUT2D eigenvalue weighted by Gasteiger charge is -2.12. The molecular formula is C22H14Cl2. The van der Waals surface area contributed by atoms with Crippen molar-refractivity contribution in [1.82, 2.24) is 0 Å². The first kappa shape index (κ1) is 15.3. The third kappa shape index (κ3) is 2.80. The summed E-state index contributed by atoms with van der Waals surface area (Å²) in [6.07, 6.45) is 0.